The number of carbonyl (C=O) groups excluding carboxylic acids is 1. The number of carbonyl (C=O) groups is 1. The van der Waals surface area contributed by atoms with Crippen LogP contribution in [0.15, 0.2) is 34.9 Å². The minimum atomic E-state index is -4.55. The van der Waals surface area contributed by atoms with Gasteiger partial charge < -0.3 is 9.42 Å². The lowest BCUT2D eigenvalue weighted by molar-refractivity contribution is -0.142. The van der Waals surface area contributed by atoms with Crippen LogP contribution in [0.25, 0.3) is 11.5 Å². The molecule has 0 N–H and O–H groups in total. The lowest BCUT2D eigenvalue weighted by Crippen LogP contribution is -2.32. The van der Waals surface area contributed by atoms with Crippen LogP contribution in [0, 0.1) is 18.7 Å². The minimum absolute atomic E-state index is 0.104. The topological polar surface area (TPSA) is 77.0 Å². The Kier molecular flexibility index (Phi) is 5.50. The molecule has 1 atom stereocenters. The van der Waals surface area contributed by atoms with Gasteiger partial charge >= 0.3 is 6.18 Å². The Labute approximate surface area is 174 Å². The van der Waals surface area contributed by atoms with Gasteiger partial charge in [-0.3, -0.25) is 9.48 Å². The summed E-state index contributed by atoms with van der Waals surface area (Å²) in [7, 11) is 0. The largest absolute Gasteiger partial charge is 0.435 e. The molecule has 7 nitrogen and oxygen atoms in total. The van der Waals surface area contributed by atoms with Crippen molar-refractivity contribution in [2.24, 2.45) is 5.92 Å². The molecule has 0 saturated carbocycles. The minimum Gasteiger partial charge on any atom is -0.341 e. The van der Waals surface area contributed by atoms with Crippen LogP contribution in [-0.2, 0) is 23.9 Å². The maximum Gasteiger partial charge on any atom is 0.435 e. The van der Waals surface area contributed by atoms with Crippen LogP contribution in [0.3, 0.4) is 0 Å². The van der Waals surface area contributed by atoms with E-state index in [9.17, 15) is 22.4 Å². The number of aromatic nitrogens is 4. The number of hydrogen-bond donors (Lipinski definition) is 0. The van der Waals surface area contributed by atoms with Crippen LogP contribution in [-0.4, -0.2) is 43.8 Å². The average Bonchev–Trinajstić information content (AvgIpc) is 3.44. The summed E-state index contributed by atoms with van der Waals surface area (Å²) in [5, 5.41) is 7.45. The Morgan fingerprint density at radius 3 is 2.68 bits per heavy atom. The molecule has 1 amide bonds. The number of amides is 1. The molecule has 0 spiro atoms. The SMILES string of the molecule is Cc1cc(C(F)(F)F)nn1CC(=O)N1CCC(Cc2noc(-c3ccc(F)cc3)n2)C1. The Morgan fingerprint density at radius 1 is 1.26 bits per heavy atom. The highest BCUT2D eigenvalue weighted by molar-refractivity contribution is 5.76. The van der Waals surface area contributed by atoms with E-state index < -0.39 is 11.9 Å². The van der Waals surface area contributed by atoms with Crippen molar-refractivity contribution in [2.75, 3.05) is 13.1 Å². The zero-order valence-electron chi connectivity index (χ0n) is 16.6. The summed E-state index contributed by atoms with van der Waals surface area (Å²) in [6.45, 7) is 2.19. The highest BCUT2D eigenvalue weighted by Crippen LogP contribution is 2.28. The Morgan fingerprint density at radius 2 is 2.00 bits per heavy atom. The molecule has 3 heterocycles. The zero-order chi connectivity index (χ0) is 22.2. The first-order valence-electron chi connectivity index (χ1n) is 9.67. The second-order valence-electron chi connectivity index (χ2n) is 7.55. The van der Waals surface area contributed by atoms with Crippen molar-refractivity contribution in [1.82, 2.24) is 24.8 Å². The molecule has 2 aromatic heterocycles. The highest BCUT2D eigenvalue weighted by Gasteiger charge is 2.35. The molecule has 1 aliphatic heterocycles. The highest BCUT2D eigenvalue weighted by atomic mass is 19.4. The molecule has 3 aromatic rings. The van der Waals surface area contributed by atoms with Gasteiger partial charge in [0.1, 0.15) is 12.4 Å². The number of hydrogen-bond acceptors (Lipinski definition) is 5. The Balaban J connectivity index is 1.34. The molecule has 164 valence electrons. The van der Waals surface area contributed by atoms with Crippen molar-refractivity contribution in [3.63, 3.8) is 0 Å². The van der Waals surface area contributed by atoms with Crippen molar-refractivity contribution in [3.8, 4) is 11.5 Å². The second kappa shape index (κ2) is 8.12. The van der Waals surface area contributed by atoms with Gasteiger partial charge in [-0.15, -0.1) is 0 Å². The van der Waals surface area contributed by atoms with Crippen molar-refractivity contribution >= 4 is 5.91 Å². The summed E-state index contributed by atoms with van der Waals surface area (Å²) < 4.78 is 57.7. The van der Waals surface area contributed by atoms with E-state index in [4.69, 9.17) is 4.52 Å². The third kappa shape index (κ3) is 4.75. The van der Waals surface area contributed by atoms with Gasteiger partial charge in [0.05, 0.1) is 0 Å². The van der Waals surface area contributed by atoms with Crippen molar-refractivity contribution in [2.45, 2.75) is 32.5 Å². The molecule has 11 heteroatoms. The van der Waals surface area contributed by atoms with Crippen LogP contribution in [0.1, 0.15) is 23.6 Å². The number of halogens is 4. The smallest absolute Gasteiger partial charge is 0.341 e. The average molecular weight is 437 g/mol. The zero-order valence-corrected chi connectivity index (χ0v) is 16.6. The van der Waals surface area contributed by atoms with Gasteiger partial charge in [-0.25, -0.2) is 4.39 Å². The number of likely N-dealkylation sites (tertiary alicyclic amines) is 1. The van der Waals surface area contributed by atoms with E-state index in [2.05, 4.69) is 15.2 Å². The molecule has 0 radical (unpaired) electrons. The number of rotatable bonds is 5. The van der Waals surface area contributed by atoms with Crippen LogP contribution in [0.4, 0.5) is 17.6 Å². The van der Waals surface area contributed by atoms with E-state index in [0.29, 0.717) is 30.9 Å². The summed E-state index contributed by atoms with van der Waals surface area (Å²) >= 11 is 0. The quantitative estimate of drug-likeness (QED) is 0.571. The standard InChI is InChI=1S/C20H19F4N5O2/c1-12-8-16(20(22,23)24)26-29(12)11-18(30)28-7-6-13(10-28)9-17-25-19(31-27-17)14-2-4-15(21)5-3-14/h2-5,8,13H,6-7,9-11H2,1H3. The summed E-state index contributed by atoms with van der Waals surface area (Å²) in [5.41, 5.74) is -0.126. The molecule has 1 aliphatic rings. The van der Waals surface area contributed by atoms with Gasteiger partial charge in [0.2, 0.25) is 5.91 Å². The first kappa shape index (κ1) is 21.0. The van der Waals surface area contributed by atoms with Gasteiger partial charge in [0.15, 0.2) is 11.5 Å². The number of benzene rings is 1. The first-order valence-corrected chi connectivity index (χ1v) is 9.67. The predicted molar refractivity (Wildman–Crippen MR) is 100 cm³/mol. The predicted octanol–water partition coefficient (Wildman–Crippen LogP) is 3.49. The molecule has 1 aromatic carbocycles. The molecular weight excluding hydrogens is 418 g/mol. The third-order valence-electron chi connectivity index (χ3n) is 5.23. The van der Waals surface area contributed by atoms with Crippen molar-refractivity contribution in [3.05, 3.63) is 53.4 Å². The van der Waals surface area contributed by atoms with Crippen molar-refractivity contribution < 1.29 is 26.9 Å². The molecule has 0 aliphatic carbocycles. The fraction of sp³-hybridized carbons (Fsp3) is 0.400. The van der Waals surface area contributed by atoms with Crippen LogP contribution in [0.5, 0.6) is 0 Å². The van der Waals surface area contributed by atoms with E-state index in [-0.39, 0.29) is 35.8 Å². The van der Waals surface area contributed by atoms with E-state index in [1.54, 1.807) is 17.0 Å². The summed E-state index contributed by atoms with van der Waals surface area (Å²) in [5.74, 6) is 0.223. The van der Waals surface area contributed by atoms with E-state index in [1.807, 2.05) is 0 Å². The lowest BCUT2D eigenvalue weighted by Gasteiger charge is -2.16. The van der Waals surface area contributed by atoms with Gasteiger partial charge in [-0.2, -0.15) is 23.3 Å². The summed E-state index contributed by atoms with van der Waals surface area (Å²) in [4.78, 5) is 18.5. The Hall–Kier alpha value is -3.24. The Bertz CT molecular complexity index is 1070. The van der Waals surface area contributed by atoms with Gasteiger partial charge in [-0.05, 0) is 49.6 Å². The van der Waals surface area contributed by atoms with Crippen LogP contribution < -0.4 is 0 Å². The second-order valence-corrected chi connectivity index (χ2v) is 7.55. The monoisotopic (exact) mass is 437 g/mol. The van der Waals surface area contributed by atoms with E-state index in [1.165, 1.54) is 19.1 Å². The fourth-order valence-corrected chi connectivity index (χ4v) is 3.57. The maximum atomic E-state index is 13.0. The molecule has 1 fully saturated rings. The third-order valence-corrected chi connectivity index (χ3v) is 5.23. The summed E-state index contributed by atoms with van der Waals surface area (Å²) in [6, 6.07) is 6.63. The molecule has 1 saturated heterocycles. The van der Waals surface area contributed by atoms with Crippen LogP contribution >= 0.6 is 0 Å². The molecule has 0 bridgehead atoms. The van der Waals surface area contributed by atoms with E-state index >= 15 is 0 Å². The lowest BCUT2D eigenvalue weighted by atomic mass is 10.1. The molecule has 4 rings (SSSR count). The van der Waals surface area contributed by atoms with Gasteiger partial charge in [0, 0.05) is 30.8 Å². The van der Waals surface area contributed by atoms with Gasteiger partial charge in [0.25, 0.3) is 5.89 Å². The normalized spacial score (nSPS) is 16.8. The molecular formula is C20H19F4N5O2. The number of alkyl halides is 3. The molecule has 31 heavy (non-hydrogen) atoms. The van der Waals surface area contributed by atoms with Crippen molar-refractivity contribution in [1.29, 1.82) is 0 Å². The fourth-order valence-electron chi connectivity index (χ4n) is 3.57. The first-order chi connectivity index (χ1) is 14.7. The van der Waals surface area contributed by atoms with E-state index in [0.717, 1.165) is 17.2 Å². The van der Waals surface area contributed by atoms with Crippen LogP contribution in [0.2, 0.25) is 0 Å². The maximum absolute atomic E-state index is 13.0. The molecule has 1 unspecified atom stereocenters. The number of aryl methyl sites for hydroxylation is 1. The summed E-state index contributed by atoms with van der Waals surface area (Å²) in [6.07, 6.45) is -3.33. The number of nitrogens with zero attached hydrogens (tertiary/aromatic N) is 5. The van der Waals surface area contributed by atoms with Gasteiger partial charge in [-0.1, -0.05) is 5.16 Å².